The van der Waals surface area contributed by atoms with Crippen LogP contribution in [0, 0.1) is 0 Å². The molecular formula is C16H30O5. The fourth-order valence-electron chi connectivity index (χ4n) is 3.30. The maximum atomic E-state index is 10.6. The molecule has 2 aliphatic heterocycles. The monoisotopic (exact) mass is 302 g/mol. The third kappa shape index (κ3) is 3.42. The van der Waals surface area contributed by atoms with Gasteiger partial charge in [0.05, 0.1) is 12.7 Å². The van der Waals surface area contributed by atoms with Gasteiger partial charge >= 0.3 is 0 Å². The molecule has 5 nitrogen and oxygen atoms in total. The summed E-state index contributed by atoms with van der Waals surface area (Å²) in [5.41, 5.74) is -0.644. The predicted molar refractivity (Wildman–Crippen MR) is 78.9 cm³/mol. The normalized spacial score (nSPS) is 43.3. The van der Waals surface area contributed by atoms with Crippen LogP contribution in [-0.4, -0.2) is 47.2 Å². The fraction of sp³-hybridized carbons (Fsp3) is 1.00. The van der Waals surface area contributed by atoms with Crippen molar-refractivity contribution >= 4 is 0 Å². The van der Waals surface area contributed by atoms with Crippen molar-refractivity contribution in [2.45, 2.75) is 96.3 Å². The SMILES string of the molecule is CC1(C)OC2CCC3(COC(C)(C)O3)C(O)C2O1.CCC. The highest BCUT2D eigenvalue weighted by atomic mass is 16.8. The topological polar surface area (TPSA) is 57.2 Å². The molecule has 3 rings (SSSR count). The van der Waals surface area contributed by atoms with E-state index in [4.69, 9.17) is 18.9 Å². The zero-order chi connectivity index (χ0) is 15.9. The van der Waals surface area contributed by atoms with Crippen LogP contribution in [0.25, 0.3) is 0 Å². The lowest BCUT2D eigenvalue weighted by Crippen LogP contribution is -2.58. The Balaban J connectivity index is 0.000000497. The van der Waals surface area contributed by atoms with Crippen LogP contribution in [-0.2, 0) is 18.9 Å². The number of hydrogen-bond donors (Lipinski definition) is 1. The number of aliphatic hydroxyl groups is 1. The van der Waals surface area contributed by atoms with Gasteiger partial charge in [0.15, 0.2) is 11.6 Å². The van der Waals surface area contributed by atoms with Crippen LogP contribution in [0.3, 0.4) is 0 Å². The van der Waals surface area contributed by atoms with Crippen molar-refractivity contribution in [3.8, 4) is 0 Å². The first-order valence-corrected chi connectivity index (χ1v) is 8.02. The van der Waals surface area contributed by atoms with E-state index in [0.29, 0.717) is 6.61 Å². The van der Waals surface area contributed by atoms with Crippen LogP contribution >= 0.6 is 0 Å². The maximum absolute atomic E-state index is 10.6. The molecule has 1 saturated carbocycles. The average Bonchev–Trinajstić information content (AvgIpc) is 2.83. The van der Waals surface area contributed by atoms with Crippen molar-refractivity contribution in [2.75, 3.05) is 6.61 Å². The van der Waals surface area contributed by atoms with Gasteiger partial charge in [-0.2, -0.15) is 0 Å². The molecule has 0 aromatic heterocycles. The Morgan fingerprint density at radius 1 is 1.05 bits per heavy atom. The molecule has 4 unspecified atom stereocenters. The molecule has 124 valence electrons. The maximum Gasteiger partial charge on any atom is 0.163 e. The third-order valence-electron chi connectivity index (χ3n) is 4.04. The average molecular weight is 302 g/mol. The lowest BCUT2D eigenvalue weighted by molar-refractivity contribution is -0.217. The van der Waals surface area contributed by atoms with Crippen LogP contribution in [0.2, 0.25) is 0 Å². The summed E-state index contributed by atoms with van der Waals surface area (Å²) in [4.78, 5) is 0. The molecule has 4 atom stereocenters. The summed E-state index contributed by atoms with van der Waals surface area (Å²) in [7, 11) is 0. The second-order valence-corrected chi connectivity index (χ2v) is 7.18. The van der Waals surface area contributed by atoms with Gasteiger partial charge < -0.3 is 24.1 Å². The molecule has 0 aromatic carbocycles. The van der Waals surface area contributed by atoms with Gasteiger partial charge in [0, 0.05) is 0 Å². The minimum absolute atomic E-state index is 0.0482. The first-order valence-electron chi connectivity index (χ1n) is 8.02. The van der Waals surface area contributed by atoms with Crippen molar-refractivity contribution in [3.05, 3.63) is 0 Å². The number of hydrogen-bond acceptors (Lipinski definition) is 5. The van der Waals surface area contributed by atoms with Crippen LogP contribution in [0.1, 0.15) is 60.8 Å². The predicted octanol–water partition coefficient (Wildman–Crippen LogP) is 2.60. The first-order chi connectivity index (χ1) is 9.65. The second-order valence-electron chi connectivity index (χ2n) is 7.18. The minimum atomic E-state index is -0.709. The smallest absolute Gasteiger partial charge is 0.163 e. The van der Waals surface area contributed by atoms with Crippen LogP contribution in [0.5, 0.6) is 0 Å². The molecule has 1 N–H and O–H groups in total. The van der Waals surface area contributed by atoms with E-state index in [1.54, 1.807) is 0 Å². The van der Waals surface area contributed by atoms with Crippen LogP contribution < -0.4 is 0 Å². The van der Waals surface area contributed by atoms with E-state index in [1.807, 2.05) is 27.7 Å². The summed E-state index contributed by atoms with van der Waals surface area (Å²) < 4.78 is 23.2. The molecular weight excluding hydrogens is 272 g/mol. The summed E-state index contributed by atoms with van der Waals surface area (Å²) in [6.07, 6.45) is 1.72. The lowest BCUT2D eigenvalue weighted by atomic mass is 9.79. The van der Waals surface area contributed by atoms with Gasteiger partial charge in [0.25, 0.3) is 0 Å². The zero-order valence-electron chi connectivity index (χ0n) is 14.1. The van der Waals surface area contributed by atoms with E-state index < -0.39 is 23.3 Å². The van der Waals surface area contributed by atoms with Crippen molar-refractivity contribution in [1.29, 1.82) is 0 Å². The zero-order valence-corrected chi connectivity index (χ0v) is 14.1. The van der Waals surface area contributed by atoms with Gasteiger partial charge in [-0.1, -0.05) is 20.3 Å². The van der Waals surface area contributed by atoms with E-state index in [-0.39, 0.29) is 12.2 Å². The van der Waals surface area contributed by atoms with Gasteiger partial charge in [0.1, 0.15) is 17.8 Å². The number of fused-ring (bicyclic) bond motifs is 1. The standard InChI is InChI=1S/C13H22O5.C3H8/c1-11(2)15-7-13(18-11)6-5-8-9(10(13)14)17-12(3,4)16-8;1-3-2/h8-10,14H,5-7H2,1-4H3;3H2,1-2H3. The van der Waals surface area contributed by atoms with E-state index in [9.17, 15) is 5.11 Å². The van der Waals surface area contributed by atoms with E-state index in [1.165, 1.54) is 6.42 Å². The summed E-state index contributed by atoms with van der Waals surface area (Å²) in [5.74, 6) is -1.26. The van der Waals surface area contributed by atoms with Crippen LogP contribution in [0.4, 0.5) is 0 Å². The molecule has 0 radical (unpaired) electrons. The Bertz CT molecular complexity index is 366. The second kappa shape index (κ2) is 5.78. The molecule has 1 aliphatic carbocycles. The fourth-order valence-corrected chi connectivity index (χ4v) is 3.30. The molecule has 1 spiro atoms. The van der Waals surface area contributed by atoms with Crippen molar-refractivity contribution in [3.63, 3.8) is 0 Å². The molecule has 3 fully saturated rings. The molecule has 5 heteroatoms. The Hall–Kier alpha value is -0.200. The van der Waals surface area contributed by atoms with Gasteiger partial charge in [-0.25, -0.2) is 0 Å². The molecule has 0 bridgehead atoms. The number of rotatable bonds is 0. The summed E-state index contributed by atoms with van der Waals surface area (Å²) in [5, 5.41) is 10.6. The van der Waals surface area contributed by atoms with Crippen LogP contribution in [0.15, 0.2) is 0 Å². The molecule has 0 amide bonds. The molecule has 3 aliphatic rings. The number of aliphatic hydroxyl groups excluding tert-OH is 1. The van der Waals surface area contributed by atoms with Crippen molar-refractivity contribution in [2.24, 2.45) is 0 Å². The highest BCUT2D eigenvalue weighted by molar-refractivity contribution is 5.06. The Labute approximate surface area is 127 Å². The Kier molecular flexibility index (Phi) is 4.72. The van der Waals surface area contributed by atoms with Gasteiger partial charge in [0.2, 0.25) is 0 Å². The Morgan fingerprint density at radius 3 is 2.19 bits per heavy atom. The minimum Gasteiger partial charge on any atom is -0.387 e. The van der Waals surface area contributed by atoms with Crippen molar-refractivity contribution in [1.82, 2.24) is 0 Å². The molecule has 2 saturated heterocycles. The third-order valence-corrected chi connectivity index (χ3v) is 4.04. The molecule has 0 aromatic rings. The summed E-state index contributed by atoms with van der Waals surface area (Å²) >= 11 is 0. The van der Waals surface area contributed by atoms with Crippen molar-refractivity contribution < 1.29 is 24.1 Å². The first kappa shape index (κ1) is 17.2. The largest absolute Gasteiger partial charge is 0.387 e. The van der Waals surface area contributed by atoms with Gasteiger partial charge in [-0.15, -0.1) is 0 Å². The van der Waals surface area contributed by atoms with Gasteiger partial charge in [-0.05, 0) is 40.5 Å². The Morgan fingerprint density at radius 2 is 1.67 bits per heavy atom. The highest BCUT2D eigenvalue weighted by Gasteiger charge is 2.60. The summed E-state index contributed by atoms with van der Waals surface area (Å²) in [6, 6.07) is 0. The van der Waals surface area contributed by atoms with Gasteiger partial charge in [-0.3, -0.25) is 0 Å². The molecule has 2 heterocycles. The van der Waals surface area contributed by atoms with E-state index >= 15 is 0 Å². The molecule has 21 heavy (non-hydrogen) atoms. The summed E-state index contributed by atoms with van der Waals surface area (Å²) in [6.45, 7) is 12.2. The highest BCUT2D eigenvalue weighted by Crippen LogP contribution is 2.46. The van der Waals surface area contributed by atoms with E-state index in [2.05, 4.69) is 13.8 Å². The quantitative estimate of drug-likeness (QED) is 0.745. The van der Waals surface area contributed by atoms with E-state index in [0.717, 1.165) is 12.8 Å². The number of ether oxygens (including phenoxy) is 4. The lowest BCUT2D eigenvalue weighted by Gasteiger charge is -2.41.